The summed E-state index contributed by atoms with van der Waals surface area (Å²) in [5.41, 5.74) is 1.33. The molecule has 1 fully saturated rings. The Bertz CT molecular complexity index is 1630. The number of nitrogens with zero attached hydrogens (tertiary/aromatic N) is 4. The number of halogens is 2. The van der Waals surface area contributed by atoms with Gasteiger partial charge in [0.1, 0.15) is 12.2 Å². The van der Waals surface area contributed by atoms with E-state index in [9.17, 15) is 23.6 Å². The molecular weight excluding hydrogens is 474 g/mol. The minimum atomic E-state index is -3.77. The average Bonchev–Trinajstić information content (AvgIpc) is 3.45. The van der Waals surface area contributed by atoms with Gasteiger partial charge >= 0.3 is 6.29 Å². The first kappa shape index (κ1) is 21.8. The summed E-state index contributed by atoms with van der Waals surface area (Å²) < 4.78 is 42.4. The summed E-state index contributed by atoms with van der Waals surface area (Å²) in [6.45, 7) is -0.397. The minimum Gasteiger partial charge on any atom is -0.462 e. The molecule has 1 amide bonds. The number of furan rings is 1. The molecule has 4 aromatic rings. The molecule has 2 aromatic heterocycles. The van der Waals surface area contributed by atoms with Gasteiger partial charge in [0.05, 0.1) is 23.3 Å². The van der Waals surface area contributed by atoms with E-state index in [2.05, 4.69) is 20.6 Å². The smallest absolute Gasteiger partial charge is 0.462 e. The predicted octanol–water partition coefficient (Wildman–Crippen LogP) is 4.05. The van der Waals surface area contributed by atoms with Crippen molar-refractivity contribution in [3.05, 3.63) is 70.7 Å². The van der Waals surface area contributed by atoms with Crippen molar-refractivity contribution in [1.29, 1.82) is 5.26 Å². The van der Waals surface area contributed by atoms with Crippen LogP contribution in [0.1, 0.15) is 18.4 Å². The lowest BCUT2D eigenvalue weighted by Gasteiger charge is -2.23. The van der Waals surface area contributed by atoms with Crippen molar-refractivity contribution in [2.75, 3.05) is 4.90 Å². The van der Waals surface area contributed by atoms with E-state index in [1.807, 2.05) is 0 Å². The van der Waals surface area contributed by atoms with Crippen molar-refractivity contribution >= 4 is 22.6 Å². The van der Waals surface area contributed by atoms with Crippen LogP contribution in [0.25, 0.3) is 22.2 Å². The van der Waals surface area contributed by atoms with Gasteiger partial charge in [-0.1, -0.05) is 12.1 Å². The highest BCUT2D eigenvalue weighted by molar-refractivity contribution is 5.95. The standard InChI is InChI=1S/C25H16F2N4O5/c26-25(27)35-19-7-6-17(11-20(19)36-25)31(16-4-5-16)21(32)13-30-24(33)18-8-9-34-23(18)22(29-30)15-3-1-2-14(10-15)12-28/h1-3,6-11,16H,4-5,13H2. The molecule has 1 saturated carbocycles. The van der Waals surface area contributed by atoms with Crippen LogP contribution in [-0.4, -0.2) is 28.0 Å². The van der Waals surface area contributed by atoms with Crippen LogP contribution >= 0.6 is 0 Å². The number of nitriles is 1. The molecule has 2 aromatic carbocycles. The summed E-state index contributed by atoms with van der Waals surface area (Å²) in [6.07, 6.45) is -0.959. The van der Waals surface area contributed by atoms with Crippen molar-refractivity contribution < 1.29 is 27.5 Å². The zero-order chi connectivity index (χ0) is 25.0. The second kappa shape index (κ2) is 7.91. The van der Waals surface area contributed by atoms with Gasteiger partial charge in [0.25, 0.3) is 5.56 Å². The quantitative estimate of drug-likeness (QED) is 0.415. The molecule has 1 aliphatic carbocycles. The molecule has 2 aliphatic rings. The Balaban J connectivity index is 1.37. The monoisotopic (exact) mass is 490 g/mol. The molecule has 0 unspecified atom stereocenters. The number of benzene rings is 2. The molecule has 6 rings (SSSR count). The van der Waals surface area contributed by atoms with Gasteiger partial charge in [-0.15, -0.1) is 8.78 Å². The first-order valence-electron chi connectivity index (χ1n) is 11.0. The van der Waals surface area contributed by atoms with Crippen LogP contribution in [0.5, 0.6) is 11.5 Å². The first-order valence-corrected chi connectivity index (χ1v) is 11.0. The number of rotatable bonds is 5. The maximum atomic E-state index is 13.5. The van der Waals surface area contributed by atoms with Gasteiger partial charge in [0.2, 0.25) is 5.91 Å². The zero-order valence-corrected chi connectivity index (χ0v) is 18.5. The van der Waals surface area contributed by atoms with Crippen molar-refractivity contribution in [2.24, 2.45) is 0 Å². The fraction of sp³-hybridized carbons (Fsp3) is 0.200. The molecule has 1 aliphatic heterocycles. The molecule has 0 saturated heterocycles. The highest BCUT2D eigenvalue weighted by Crippen LogP contribution is 2.44. The van der Waals surface area contributed by atoms with Gasteiger partial charge in [-0.25, -0.2) is 4.68 Å². The number of hydrogen-bond donors (Lipinski definition) is 0. The number of alkyl halides is 2. The SMILES string of the molecule is N#Cc1cccc(-c2nn(CC(=O)N(c3ccc4c(c3)OC(F)(F)O4)C3CC3)c(=O)c3ccoc23)c1. The molecule has 3 heterocycles. The fourth-order valence-corrected chi connectivity index (χ4v) is 4.23. The second-order valence-corrected chi connectivity index (χ2v) is 8.46. The van der Waals surface area contributed by atoms with Crippen molar-refractivity contribution in [2.45, 2.75) is 31.7 Å². The summed E-state index contributed by atoms with van der Waals surface area (Å²) in [5.74, 6) is -0.748. The van der Waals surface area contributed by atoms with E-state index in [0.717, 1.165) is 17.5 Å². The van der Waals surface area contributed by atoms with E-state index in [1.165, 1.54) is 35.4 Å². The van der Waals surface area contributed by atoms with E-state index in [4.69, 9.17) is 4.42 Å². The summed E-state index contributed by atoms with van der Waals surface area (Å²) in [4.78, 5) is 28.0. The number of anilines is 1. The normalized spacial score (nSPS) is 15.6. The molecule has 9 nitrogen and oxygen atoms in total. The lowest BCUT2D eigenvalue weighted by Crippen LogP contribution is -2.39. The Morgan fingerprint density at radius 2 is 1.97 bits per heavy atom. The molecule has 0 radical (unpaired) electrons. The van der Waals surface area contributed by atoms with E-state index in [0.29, 0.717) is 22.5 Å². The predicted molar refractivity (Wildman–Crippen MR) is 122 cm³/mol. The van der Waals surface area contributed by atoms with Crippen LogP contribution in [0.4, 0.5) is 14.5 Å². The summed E-state index contributed by atoms with van der Waals surface area (Å²) >= 11 is 0. The van der Waals surface area contributed by atoms with Gasteiger partial charge in [0, 0.05) is 23.4 Å². The number of amides is 1. The largest absolute Gasteiger partial charge is 0.586 e. The summed E-state index contributed by atoms with van der Waals surface area (Å²) in [5, 5.41) is 13.9. The van der Waals surface area contributed by atoms with Gasteiger partial charge in [-0.2, -0.15) is 10.4 Å². The van der Waals surface area contributed by atoms with E-state index >= 15 is 0 Å². The third-order valence-electron chi connectivity index (χ3n) is 5.96. The first-order chi connectivity index (χ1) is 17.3. The third-order valence-corrected chi connectivity index (χ3v) is 5.96. The van der Waals surface area contributed by atoms with Crippen LogP contribution in [0.3, 0.4) is 0 Å². The highest BCUT2D eigenvalue weighted by Gasteiger charge is 2.44. The lowest BCUT2D eigenvalue weighted by atomic mass is 10.1. The van der Waals surface area contributed by atoms with Gasteiger partial charge < -0.3 is 18.8 Å². The van der Waals surface area contributed by atoms with Crippen molar-refractivity contribution in [3.8, 4) is 28.8 Å². The topological polar surface area (TPSA) is 111 Å². The Labute approximate surface area is 201 Å². The summed E-state index contributed by atoms with van der Waals surface area (Å²) in [7, 11) is 0. The Hall–Kier alpha value is -4.72. The van der Waals surface area contributed by atoms with Crippen LogP contribution in [0, 0.1) is 11.3 Å². The van der Waals surface area contributed by atoms with Crippen molar-refractivity contribution in [1.82, 2.24) is 9.78 Å². The number of fused-ring (bicyclic) bond motifs is 2. The van der Waals surface area contributed by atoms with Crippen LogP contribution < -0.4 is 19.9 Å². The lowest BCUT2D eigenvalue weighted by molar-refractivity contribution is -0.286. The molecular formula is C25H16F2N4O5. The maximum Gasteiger partial charge on any atom is 0.586 e. The van der Waals surface area contributed by atoms with Gasteiger partial charge in [-0.05, 0) is 43.2 Å². The van der Waals surface area contributed by atoms with Crippen LogP contribution in [0.2, 0.25) is 0 Å². The fourth-order valence-electron chi connectivity index (χ4n) is 4.23. The molecule has 0 spiro atoms. The van der Waals surface area contributed by atoms with Gasteiger partial charge in [-0.3, -0.25) is 9.59 Å². The zero-order valence-electron chi connectivity index (χ0n) is 18.5. The number of carbonyl (C=O) groups is 1. The Kier molecular flexibility index (Phi) is 4.79. The molecule has 36 heavy (non-hydrogen) atoms. The molecule has 11 heteroatoms. The van der Waals surface area contributed by atoms with E-state index < -0.39 is 24.3 Å². The van der Waals surface area contributed by atoms with Crippen LogP contribution in [0.15, 0.2) is 64.0 Å². The maximum absolute atomic E-state index is 13.5. The number of carbonyl (C=O) groups excluding carboxylic acids is 1. The second-order valence-electron chi connectivity index (χ2n) is 8.46. The molecule has 180 valence electrons. The Morgan fingerprint density at radius 3 is 2.75 bits per heavy atom. The number of ether oxygens (including phenoxy) is 2. The molecule has 0 N–H and O–H groups in total. The molecule has 0 atom stereocenters. The molecule has 0 bridgehead atoms. The highest BCUT2D eigenvalue weighted by atomic mass is 19.3. The summed E-state index contributed by atoms with van der Waals surface area (Å²) in [6, 6.07) is 14.2. The number of hydrogen-bond acceptors (Lipinski definition) is 7. The van der Waals surface area contributed by atoms with Crippen LogP contribution in [-0.2, 0) is 11.3 Å². The Morgan fingerprint density at radius 1 is 1.17 bits per heavy atom. The van der Waals surface area contributed by atoms with Gasteiger partial charge in [0.15, 0.2) is 17.1 Å². The minimum absolute atomic E-state index is 0.125. The third kappa shape index (κ3) is 3.73. The average molecular weight is 490 g/mol. The number of aromatic nitrogens is 2. The van der Waals surface area contributed by atoms with E-state index in [1.54, 1.807) is 24.3 Å². The van der Waals surface area contributed by atoms with Crippen molar-refractivity contribution in [3.63, 3.8) is 0 Å². The van der Waals surface area contributed by atoms with E-state index in [-0.39, 0.29) is 28.5 Å².